The summed E-state index contributed by atoms with van der Waals surface area (Å²) in [6.45, 7) is 21.0. The number of hydrogen-bond acceptors (Lipinski definition) is 3. The summed E-state index contributed by atoms with van der Waals surface area (Å²) in [6.07, 6.45) is 5.60. The molecule has 1 aromatic carbocycles. The maximum absolute atomic E-state index is 4.09. The Balaban J connectivity index is 0.00000218. The molecule has 0 aliphatic carbocycles. The van der Waals surface area contributed by atoms with Gasteiger partial charge in [0.2, 0.25) is 0 Å². The van der Waals surface area contributed by atoms with Crippen molar-refractivity contribution >= 4 is 17.1 Å². The van der Waals surface area contributed by atoms with E-state index in [1.165, 1.54) is 23.8 Å². The zero-order valence-corrected chi connectivity index (χ0v) is 18.9. The van der Waals surface area contributed by atoms with E-state index in [0.29, 0.717) is 24.0 Å². The predicted molar refractivity (Wildman–Crippen MR) is 133 cm³/mol. The molecule has 0 spiro atoms. The molecule has 2 rings (SSSR count). The van der Waals surface area contributed by atoms with Gasteiger partial charge in [0.05, 0.1) is 24.2 Å². The second-order valence-electron chi connectivity index (χ2n) is 6.81. The van der Waals surface area contributed by atoms with Crippen molar-refractivity contribution in [2.45, 2.75) is 53.1 Å². The van der Waals surface area contributed by atoms with Crippen LogP contribution < -0.4 is 10.6 Å². The van der Waals surface area contributed by atoms with E-state index in [-0.39, 0.29) is 0 Å². The minimum Gasteiger partial charge on any atom is -0.373 e. The molecule has 1 atom stereocenters. The van der Waals surface area contributed by atoms with E-state index < -0.39 is 0 Å². The van der Waals surface area contributed by atoms with E-state index in [2.05, 4.69) is 90.3 Å². The third kappa shape index (κ3) is 8.98. The van der Waals surface area contributed by atoms with E-state index in [4.69, 9.17) is 0 Å². The Kier molecular flexibility index (Phi) is 11.7. The van der Waals surface area contributed by atoms with Crippen molar-refractivity contribution in [1.82, 2.24) is 15.6 Å². The van der Waals surface area contributed by atoms with E-state index >= 15 is 0 Å². The number of allylic oxidation sites excluding steroid dienone is 2. The first-order chi connectivity index (χ1) is 14.5. The fourth-order valence-corrected chi connectivity index (χ4v) is 2.74. The minimum absolute atomic E-state index is 0.491. The Hall–Kier alpha value is -3.03. The number of fused-ring (bicyclic) bond motifs is 1. The number of aromatic nitrogens is 1. The number of hydrogen-bond donors (Lipinski definition) is 3. The van der Waals surface area contributed by atoms with Crippen LogP contribution in [0, 0.1) is 11.8 Å². The van der Waals surface area contributed by atoms with Crippen LogP contribution >= 0.6 is 0 Å². The molecule has 0 saturated heterocycles. The standard InChI is InChI=1S/C24H30N4.C2H6/c1-6-9-19(4)27-17-21-11-12-24-22(14-21)15-23(28-24)10-8-13-25-20(5)16-26-18(3)7-2;1-2/h7,11-12,14-16,19,25,27-28H,2-3,5-6,9,13,17H2,1,4H3;1-2H3. The third-order valence-corrected chi connectivity index (χ3v) is 4.31. The van der Waals surface area contributed by atoms with Crippen LogP contribution in [0.5, 0.6) is 0 Å². The lowest BCUT2D eigenvalue weighted by atomic mass is 10.1. The number of nitrogens with one attached hydrogen (secondary N) is 3. The van der Waals surface area contributed by atoms with Crippen LogP contribution in [-0.2, 0) is 6.54 Å². The Bertz CT molecular complexity index is 921. The molecule has 160 valence electrons. The van der Waals surface area contributed by atoms with Gasteiger partial charge in [0, 0.05) is 29.2 Å². The van der Waals surface area contributed by atoms with Crippen LogP contribution in [0.4, 0.5) is 0 Å². The molecule has 0 aliphatic rings. The van der Waals surface area contributed by atoms with Gasteiger partial charge < -0.3 is 15.6 Å². The summed E-state index contributed by atoms with van der Waals surface area (Å²) in [5, 5.41) is 7.85. The van der Waals surface area contributed by atoms with Crippen LogP contribution in [0.3, 0.4) is 0 Å². The number of rotatable bonds is 10. The van der Waals surface area contributed by atoms with Crippen molar-refractivity contribution in [3.8, 4) is 11.8 Å². The number of H-pyrrole nitrogens is 1. The molecule has 0 saturated carbocycles. The first kappa shape index (κ1) is 25.0. The topological polar surface area (TPSA) is 52.2 Å². The summed E-state index contributed by atoms with van der Waals surface area (Å²) in [5.74, 6) is 6.24. The lowest BCUT2D eigenvalue weighted by Gasteiger charge is -2.12. The van der Waals surface area contributed by atoms with Gasteiger partial charge >= 0.3 is 0 Å². The van der Waals surface area contributed by atoms with Gasteiger partial charge in [0.25, 0.3) is 0 Å². The first-order valence-electron chi connectivity index (χ1n) is 10.6. The monoisotopic (exact) mass is 404 g/mol. The van der Waals surface area contributed by atoms with Crippen molar-refractivity contribution in [3.63, 3.8) is 0 Å². The zero-order valence-electron chi connectivity index (χ0n) is 18.9. The highest BCUT2D eigenvalue weighted by molar-refractivity contribution is 5.82. The average molecular weight is 405 g/mol. The smallest absolute Gasteiger partial charge is 0.0904 e. The highest BCUT2D eigenvalue weighted by Gasteiger charge is 2.03. The van der Waals surface area contributed by atoms with Crippen LogP contribution in [0.2, 0.25) is 0 Å². The zero-order chi connectivity index (χ0) is 22.4. The maximum Gasteiger partial charge on any atom is 0.0904 e. The van der Waals surface area contributed by atoms with Gasteiger partial charge in [-0.2, -0.15) is 0 Å². The van der Waals surface area contributed by atoms with Crippen molar-refractivity contribution < 1.29 is 0 Å². The Morgan fingerprint density at radius 1 is 1.27 bits per heavy atom. The first-order valence-corrected chi connectivity index (χ1v) is 10.6. The van der Waals surface area contributed by atoms with Gasteiger partial charge in [-0.1, -0.05) is 58.9 Å². The number of aliphatic imine (C=N–C) groups is 1. The number of benzene rings is 1. The van der Waals surface area contributed by atoms with Gasteiger partial charge in [0.15, 0.2) is 0 Å². The Morgan fingerprint density at radius 3 is 2.73 bits per heavy atom. The highest BCUT2D eigenvalue weighted by atomic mass is 14.9. The fourth-order valence-electron chi connectivity index (χ4n) is 2.74. The molecule has 0 radical (unpaired) electrons. The highest BCUT2D eigenvalue weighted by Crippen LogP contribution is 2.17. The van der Waals surface area contributed by atoms with Crippen molar-refractivity contribution in [2.24, 2.45) is 4.99 Å². The second-order valence-corrected chi connectivity index (χ2v) is 6.81. The third-order valence-electron chi connectivity index (χ3n) is 4.31. The average Bonchev–Trinajstić information content (AvgIpc) is 3.17. The Labute approximate surface area is 182 Å². The normalized spacial score (nSPS) is 11.2. The molecule has 4 heteroatoms. The lowest BCUT2D eigenvalue weighted by Crippen LogP contribution is -2.24. The molecule has 4 nitrogen and oxygen atoms in total. The molecule has 1 heterocycles. The maximum atomic E-state index is 4.09. The molecule has 1 unspecified atom stereocenters. The molecular formula is C26H36N4. The lowest BCUT2D eigenvalue weighted by molar-refractivity contribution is 0.508. The molecular weight excluding hydrogens is 368 g/mol. The summed E-state index contributed by atoms with van der Waals surface area (Å²) >= 11 is 0. The number of aromatic amines is 1. The van der Waals surface area contributed by atoms with Crippen molar-refractivity contribution in [3.05, 3.63) is 72.7 Å². The van der Waals surface area contributed by atoms with E-state index in [1.807, 2.05) is 13.8 Å². The van der Waals surface area contributed by atoms with Crippen LogP contribution in [0.1, 0.15) is 51.8 Å². The summed E-state index contributed by atoms with van der Waals surface area (Å²) in [6, 6.07) is 9.11. The molecule has 0 fully saturated rings. The van der Waals surface area contributed by atoms with Gasteiger partial charge in [-0.3, -0.25) is 4.99 Å². The summed E-state index contributed by atoms with van der Waals surface area (Å²) < 4.78 is 0. The molecule has 30 heavy (non-hydrogen) atoms. The SMILES string of the molecule is C=CC(=C)N=CC(=C)NCC#Cc1cc2cc(CNC(C)CCC)ccc2[nH]1.CC. The van der Waals surface area contributed by atoms with Crippen molar-refractivity contribution in [2.75, 3.05) is 6.54 Å². The van der Waals surface area contributed by atoms with E-state index in [9.17, 15) is 0 Å². The van der Waals surface area contributed by atoms with Crippen LogP contribution in [-0.4, -0.2) is 23.8 Å². The number of nitrogens with zero attached hydrogens (tertiary/aromatic N) is 1. The molecule has 0 bridgehead atoms. The molecule has 0 aliphatic heterocycles. The van der Waals surface area contributed by atoms with Crippen LogP contribution in [0.15, 0.2) is 66.5 Å². The molecule has 1 aromatic heterocycles. The van der Waals surface area contributed by atoms with Gasteiger partial charge in [0.1, 0.15) is 0 Å². The fraction of sp³-hybridized carbons (Fsp3) is 0.346. The largest absolute Gasteiger partial charge is 0.373 e. The van der Waals surface area contributed by atoms with E-state index in [1.54, 1.807) is 12.3 Å². The summed E-state index contributed by atoms with van der Waals surface area (Å²) in [5.41, 5.74) is 4.57. The second kappa shape index (κ2) is 14.0. The summed E-state index contributed by atoms with van der Waals surface area (Å²) in [7, 11) is 0. The van der Waals surface area contributed by atoms with Crippen LogP contribution in [0.25, 0.3) is 10.9 Å². The molecule has 0 amide bonds. The quantitative estimate of drug-likeness (QED) is 0.270. The minimum atomic E-state index is 0.491. The van der Waals surface area contributed by atoms with Gasteiger partial charge in [-0.15, -0.1) is 0 Å². The predicted octanol–water partition coefficient (Wildman–Crippen LogP) is 5.70. The Morgan fingerprint density at radius 2 is 2.03 bits per heavy atom. The molecule has 2 aromatic rings. The van der Waals surface area contributed by atoms with Gasteiger partial charge in [-0.25, -0.2) is 0 Å². The van der Waals surface area contributed by atoms with Crippen molar-refractivity contribution in [1.29, 1.82) is 0 Å². The van der Waals surface area contributed by atoms with E-state index in [0.717, 1.165) is 17.8 Å². The summed E-state index contributed by atoms with van der Waals surface area (Å²) in [4.78, 5) is 7.44. The molecule has 3 N–H and O–H groups in total. The van der Waals surface area contributed by atoms with Gasteiger partial charge in [-0.05, 0) is 49.1 Å².